The fourth-order valence-electron chi connectivity index (χ4n) is 4.62. The van der Waals surface area contributed by atoms with Crippen molar-refractivity contribution in [2.75, 3.05) is 0 Å². The van der Waals surface area contributed by atoms with E-state index in [9.17, 15) is 9.59 Å². The van der Waals surface area contributed by atoms with Gasteiger partial charge in [-0.3, -0.25) is 9.36 Å². The number of amides is 1. The minimum atomic E-state index is -0.478. The van der Waals surface area contributed by atoms with Crippen LogP contribution in [0.2, 0.25) is 0 Å². The Labute approximate surface area is 134 Å². The molecule has 5 heteroatoms. The third kappa shape index (κ3) is 2.58. The number of carbonyl (C=O) groups is 1. The quantitative estimate of drug-likeness (QED) is 0.943. The Morgan fingerprint density at radius 3 is 2.91 bits per heavy atom. The van der Waals surface area contributed by atoms with Crippen molar-refractivity contribution in [3.05, 3.63) is 34.8 Å². The van der Waals surface area contributed by atoms with Crippen molar-refractivity contribution < 1.29 is 9.21 Å². The topological polar surface area (TPSA) is 64.2 Å². The lowest BCUT2D eigenvalue weighted by atomic mass is 9.84. The first-order valence-electron chi connectivity index (χ1n) is 8.49. The van der Waals surface area contributed by atoms with Gasteiger partial charge in [-0.2, -0.15) is 0 Å². The highest BCUT2D eigenvalue weighted by molar-refractivity contribution is 5.79. The summed E-state index contributed by atoms with van der Waals surface area (Å²) in [6, 6.07) is 7.36. The van der Waals surface area contributed by atoms with Gasteiger partial charge in [-0.25, -0.2) is 4.79 Å². The number of para-hydroxylation sites is 2. The number of nitrogens with zero attached hydrogens (tertiary/aromatic N) is 1. The zero-order chi connectivity index (χ0) is 16.0. The molecule has 2 aromatic rings. The van der Waals surface area contributed by atoms with Gasteiger partial charge in [-0.15, -0.1) is 0 Å². The highest BCUT2D eigenvalue weighted by Gasteiger charge is 2.42. The Hall–Kier alpha value is -2.04. The molecule has 1 aromatic heterocycles. The normalized spacial score (nSPS) is 27.4. The third-order valence-electron chi connectivity index (χ3n) is 5.70. The van der Waals surface area contributed by atoms with Gasteiger partial charge < -0.3 is 9.73 Å². The Bertz CT molecular complexity index is 791. The monoisotopic (exact) mass is 314 g/mol. The number of carbonyl (C=O) groups excluding carboxylic acids is 1. The standard InChI is InChI=1S/C18H22N2O3/c1-11(14-9-12-6-7-13(14)8-12)19-17(21)10-20-15-4-2-3-5-16(15)23-18(20)22/h2-5,11-14H,6-10H2,1H3,(H,19,21)/t11-,12-,13+,14-/m0/s1. The maximum absolute atomic E-state index is 12.4. The molecular weight excluding hydrogens is 292 g/mol. The van der Waals surface area contributed by atoms with E-state index in [1.807, 2.05) is 12.1 Å². The smallest absolute Gasteiger partial charge is 0.408 e. The summed E-state index contributed by atoms with van der Waals surface area (Å²) in [5.41, 5.74) is 1.19. The molecule has 0 saturated heterocycles. The second-order valence-corrected chi connectivity index (χ2v) is 7.12. The van der Waals surface area contributed by atoms with Gasteiger partial charge in [0.25, 0.3) is 0 Å². The van der Waals surface area contributed by atoms with Crippen LogP contribution in [0, 0.1) is 17.8 Å². The number of aromatic nitrogens is 1. The molecule has 0 radical (unpaired) electrons. The van der Waals surface area contributed by atoms with Crippen LogP contribution in [0.1, 0.15) is 32.6 Å². The first-order valence-corrected chi connectivity index (χ1v) is 8.49. The Balaban J connectivity index is 1.45. The van der Waals surface area contributed by atoms with E-state index in [0.29, 0.717) is 17.0 Å². The van der Waals surface area contributed by atoms with Gasteiger partial charge in [0.15, 0.2) is 5.58 Å². The molecular formula is C18H22N2O3. The molecule has 0 spiro atoms. The lowest BCUT2D eigenvalue weighted by Crippen LogP contribution is -2.42. The van der Waals surface area contributed by atoms with E-state index in [4.69, 9.17) is 4.42 Å². The van der Waals surface area contributed by atoms with E-state index in [-0.39, 0.29) is 18.5 Å². The summed E-state index contributed by atoms with van der Waals surface area (Å²) in [4.78, 5) is 24.3. The molecule has 5 nitrogen and oxygen atoms in total. The maximum atomic E-state index is 12.4. The van der Waals surface area contributed by atoms with Crippen molar-refractivity contribution in [2.24, 2.45) is 17.8 Å². The number of oxazole rings is 1. The van der Waals surface area contributed by atoms with Gasteiger partial charge in [-0.1, -0.05) is 18.6 Å². The molecule has 0 unspecified atom stereocenters. The zero-order valence-electron chi connectivity index (χ0n) is 13.3. The highest BCUT2D eigenvalue weighted by Crippen LogP contribution is 2.49. The van der Waals surface area contributed by atoms with Crippen LogP contribution in [0.5, 0.6) is 0 Å². The molecule has 1 N–H and O–H groups in total. The summed E-state index contributed by atoms with van der Waals surface area (Å²) >= 11 is 0. The number of fused-ring (bicyclic) bond motifs is 3. The highest BCUT2D eigenvalue weighted by atomic mass is 16.4. The molecule has 4 atom stereocenters. The van der Waals surface area contributed by atoms with Crippen LogP contribution in [-0.2, 0) is 11.3 Å². The van der Waals surface area contributed by atoms with Crippen molar-refractivity contribution in [1.29, 1.82) is 0 Å². The lowest BCUT2D eigenvalue weighted by Gasteiger charge is -2.28. The predicted molar refractivity (Wildman–Crippen MR) is 87.0 cm³/mol. The van der Waals surface area contributed by atoms with Crippen molar-refractivity contribution >= 4 is 17.0 Å². The van der Waals surface area contributed by atoms with E-state index in [1.54, 1.807) is 12.1 Å². The van der Waals surface area contributed by atoms with Gasteiger partial charge in [0.1, 0.15) is 6.54 Å². The average molecular weight is 314 g/mol. The molecule has 23 heavy (non-hydrogen) atoms. The van der Waals surface area contributed by atoms with Gasteiger partial charge >= 0.3 is 5.76 Å². The van der Waals surface area contributed by atoms with Crippen molar-refractivity contribution in [3.63, 3.8) is 0 Å². The van der Waals surface area contributed by atoms with E-state index >= 15 is 0 Å². The van der Waals surface area contributed by atoms with Crippen LogP contribution in [0.3, 0.4) is 0 Å². The first kappa shape index (κ1) is 14.5. The zero-order valence-corrected chi connectivity index (χ0v) is 13.3. The first-order chi connectivity index (χ1) is 11.1. The third-order valence-corrected chi connectivity index (χ3v) is 5.70. The molecule has 1 heterocycles. The van der Waals surface area contributed by atoms with Crippen LogP contribution in [0.15, 0.2) is 33.5 Å². The van der Waals surface area contributed by atoms with Gasteiger partial charge in [-0.05, 0) is 56.1 Å². The number of rotatable bonds is 4. The minimum absolute atomic E-state index is 0.0149. The second-order valence-electron chi connectivity index (χ2n) is 7.12. The van der Waals surface area contributed by atoms with E-state index in [1.165, 1.54) is 30.3 Å². The van der Waals surface area contributed by atoms with E-state index in [0.717, 1.165) is 11.8 Å². The van der Waals surface area contributed by atoms with Crippen LogP contribution >= 0.6 is 0 Å². The summed E-state index contributed by atoms with van der Waals surface area (Å²) in [6.07, 6.45) is 5.23. The van der Waals surface area contributed by atoms with Gasteiger partial charge in [0, 0.05) is 6.04 Å². The molecule has 1 amide bonds. The Morgan fingerprint density at radius 2 is 2.17 bits per heavy atom. The average Bonchev–Trinajstić information content (AvgIpc) is 3.22. The van der Waals surface area contributed by atoms with E-state index in [2.05, 4.69) is 12.2 Å². The molecule has 1 aromatic carbocycles. The lowest BCUT2D eigenvalue weighted by molar-refractivity contribution is -0.122. The fourth-order valence-corrected chi connectivity index (χ4v) is 4.62. The van der Waals surface area contributed by atoms with Gasteiger partial charge in [0.2, 0.25) is 5.91 Å². The van der Waals surface area contributed by atoms with Gasteiger partial charge in [0.05, 0.1) is 5.52 Å². The van der Waals surface area contributed by atoms with Crippen LogP contribution in [0.25, 0.3) is 11.1 Å². The predicted octanol–water partition coefficient (Wildman–Crippen LogP) is 2.54. The van der Waals surface area contributed by atoms with Crippen molar-refractivity contribution in [2.45, 2.75) is 45.2 Å². The number of hydrogen-bond acceptors (Lipinski definition) is 3. The molecule has 0 aliphatic heterocycles. The fraction of sp³-hybridized carbons (Fsp3) is 0.556. The molecule has 2 aliphatic carbocycles. The number of nitrogens with one attached hydrogen (secondary N) is 1. The minimum Gasteiger partial charge on any atom is -0.408 e. The Kier molecular flexibility index (Phi) is 3.51. The Morgan fingerprint density at radius 1 is 1.35 bits per heavy atom. The summed E-state index contributed by atoms with van der Waals surface area (Å²) in [5, 5.41) is 3.10. The molecule has 2 bridgehead atoms. The molecule has 2 fully saturated rings. The second kappa shape index (κ2) is 5.55. The summed E-state index contributed by atoms with van der Waals surface area (Å²) in [7, 11) is 0. The summed E-state index contributed by atoms with van der Waals surface area (Å²) in [6.45, 7) is 2.11. The SMILES string of the molecule is C[C@H](NC(=O)Cn1c(=O)oc2ccccc21)[C@@H]1C[C@H]2CC[C@@H]1C2. The largest absolute Gasteiger partial charge is 0.420 e. The summed E-state index contributed by atoms with van der Waals surface area (Å²) < 4.78 is 6.57. The van der Waals surface area contributed by atoms with Crippen molar-refractivity contribution in [1.82, 2.24) is 9.88 Å². The van der Waals surface area contributed by atoms with Crippen molar-refractivity contribution in [3.8, 4) is 0 Å². The van der Waals surface area contributed by atoms with Crippen LogP contribution in [0.4, 0.5) is 0 Å². The van der Waals surface area contributed by atoms with E-state index < -0.39 is 5.76 Å². The number of benzene rings is 1. The molecule has 2 aliphatic rings. The molecule has 122 valence electrons. The number of hydrogen-bond donors (Lipinski definition) is 1. The van der Waals surface area contributed by atoms with Crippen LogP contribution < -0.4 is 11.1 Å². The summed E-state index contributed by atoms with van der Waals surface area (Å²) in [5.74, 6) is 1.64. The maximum Gasteiger partial charge on any atom is 0.420 e. The molecule has 2 saturated carbocycles. The van der Waals surface area contributed by atoms with Crippen LogP contribution in [-0.4, -0.2) is 16.5 Å². The molecule has 4 rings (SSSR count).